The van der Waals surface area contributed by atoms with Crippen LogP contribution in [0.4, 0.5) is 0 Å². The van der Waals surface area contributed by atoms with E-state index < -0.39 is 0 Å². The van der Waals surface area contributed by atoms with Gasteiger partial charge in [-0.2, -0.15) is 0 Å². The highest BCUT2D eigenvalue weighted by Gasteiger charge is 2.02. The number of nitrogens with one attached hydrogen (secondary N) is 1. The molecule has 0 saturated heterocycles. The van der Waals surface area contributed by atoms with Crippen LogP contribution in [0.15, 0.2) is 41.3 Å². The van der Waals surface area contributed by atoms with Gasteiger partial charge in [-0.3, -0.25) is 4.79 Å². The minimum absolute atomic E-state index is 0.0560. The summed E-state index contributed by atoms with van der Waals surface area (Å²) in [4.78, 5) is 18.7. The van der Waals surface area contributed by atoms with E-state index in [9.17, 15) is 4.79 Å². The maximum atomic E-state index is 11.2. The lowest BCUT2D eigenvalue weighted by molar-refractivity contribution is 1.25. The number of fused-ring (bicyclic) bond motifs is 3. The van der Waals surface area contributed by atoms with Crippen molar-refractivity contribution < 1.29 is 0 Å². The molecule has 0 aliphatic carbocycles. The van der Waals surface area contributed by atoms with E-state index in [1.807, 2.05) is 31.2 Å². The lowest BCUT2D eigenvalue weighted by Crippen LogP contribution is -1.98. The molecular weight excluding hydrogens is 200 g/mol. The number of nitrogens with zero attached hydrogens (tertiary/aromatic N) is 1. The maximum Gasteiger partial charge on any atom is 0.197 e. The lowest BCUT2D eigenvalue weighted by Gasteiger charge is -2.03. The van der Waals surface area contributed by atoms with Gasteiger partial charge in [0.1, 0.15) is 0 Å². The summed E-state index contributed by atoms with van der Waals surface area (Å²) >= 11 is 0. The fourth-order valence-electron chi connectivity index (χ4n) is 1.92. The summed E-state index contributed by atoms with van der Waals surface area (Å²) in [5.41, 5.74) is 2.85. The first-order valence-electron chi connectivity index (χ1n) is 5.12. The third kappa shape index (κ3) is 1.29. The zero-order valence-electron chi connectivity index (χ0n) is 8.82. The molecule has 0 bridgehead atoms. The van der Waals surface area contributed by atoms with Crippen LogP contribution in [-0.4, -0.2) is 9.97 Å². The largest absolute Gasteiger partial charge is 0.357 e. The van der Waals surface area contributed by atoms with Crippen molar-refractivity contribution in [3.63, 3.8) is 0 Å². The maximum absolute atomic E-state index is 11.2. The van der Waals surface area contributed by atoms with Crippen LogP contribution in [0, 0.1) is 6.92 Å². The fourth-order valence-corrected chi connectivity index (χ4v) is 1.92. The second-order valence-corrected chi connectivity index (χ2v) is 3.91. The van der Waals surface area contributed by atoms with Gasteiger partial charge < -0.3 is 4.98 Å². The average molecular weight is 210 g/mol. The van der Waals surface area contributed by atoms with Crippen LogP contribution < -0.4 is 5.43 Å². The van der Waals surface area contributed by atoms with Crippen LogP contribution in [0.2, 0.25) is 0 Å². The van der Waals surface area contributed by atoms with Crippen LogP contribution in [0.25, 0.3) is 21.8 Å². The van der Waals surface area contributed by atoms with E-state index in [2.05, 4.69) is 9.97 Å². The van der Waals surface area contributed by atoms with Gasteiger partial charge in [0.2, 0.25) is 0 Å². The number of aromatic nitrogens is 2. The first-order chi connectivity index (χ1) is 7.74. The van der Waals surface area contributed by atoms with E-state index >= 15 is 0 Å². The zero-order chi connectivity index (χ0) is 11.1. The number of pyridine rings is 2. The van der Waals surface area contributed by atoms with Gasteiger partial charge in [-0.1, -0.05) is 18.2 Å². The van der Waals surface area contributed by atoms with Crippen LogP contribution in [-0.2, 0) is 0 Å². The highest BCUT2D eigenvalue weighted by atomic mass is 16.1. The number of rotatable bonds is 0. The monoisotopic (exact) mass is 210 g/mol. The number of H-pyrrole nitrogens is 1. The molecule has 0 atom stereocenters. The summed E-state index contributed by atoms with van der Waals surface area (Å²) in [7, 11) is 0. The van der Waals surface area contributed by atoms with Crippen molar-refractivity contribution in [3.8, 4) is 0 Å². The number of hydrogen-bond donors (Lipinski definition) is 1. The van der Waals surface area contributed by atoms with Gasteiger partial charge in [0.05, 0.1) is 17.2 Å². The molecule has 3 rings (SSSR count). The third-order valence-electron chi connectivity index (χ3n) is 2.70. The Kier molecular flexibility index (Phi) is 1.80. The highest BCUT2D eigenvalue weighted by molar-refractivity contribution is 6.02. The van der Waals surface area contributed by atoms with E-state index in [0.29, 0.717) is 0 Å². The molecule has 0 radical (unpaired) electrons. The molecule has 0 spiro atoms. The Balaban J connectivity index is 2.57. The first-order valence-corrected chi connectivity index (χ1v) is 5.12. The Morgan fingerprint density at radius 1 is 1.12 bits per heavy atom. The molecule has 78 valence electrons. The van der Waals surface area contributed by atoms with E-state index in [1.54, 1.807) is 6.07 Å². The predicted molar refractivity (Wildman–Crippen MR) is 64.6 cm³/mol. The number of benzene rings is 1. The minimum Gasteiger partial charge on any atom is -0.357 e. The van der Waals surface area contributed by atoms with Gasteiger partial charge in [-0.25, -0.2) is 4.98 Å². The SMILES string of the molecule is Cc1ccc2ccc3cc(=O)cnc3c2[nH]1. The van der Waals surface area contributed by atoms with Crippen molar-refractivity contribution in [1.82, 2.24) is 9.97 Å². The predicted octanol–water partition coefficient (Wildman–Crippen LogP) is 2.38. The van der Waals surface area contributed by atoms with Gasteiger partial charge in [-0.15, -0.1) is 0 Å². The molecule has 0 aliphatic heterocycles. The lowest BCUT2D eigenvalue weighted by atomic mass is 10.1. The molecule has 0 amide bonds. The molecule has 0 fully saturated rings. The Labute approximate surface area is 91.8 Å². The van der Waals surface area contributed by atoms with E-state index in [-0.39, 0.29) is 5.43 Å². The first kappa shape index (κ1) is 9.09. The normalized spacial score (nSPS) is 11.1. The van der Waals surface area contributed by atoms with Crippen LogP contribution in [0.3, 0.4) is 0 Å². The number of aryl methyl sites for hydroxylation is 1. The Hall–Kier alpha value is -2.16. The van der Waals surface area contributed by atoms with Gasteiger partial charge in [0.15, 0.2) is 5.43 Å². The molecule has 3 nitrogen and oxygen atoms in total. The van der Waals surface area contributed by atoms with Crippen molar-refractivity contribution in [3.05, 3.63) is 52.4 Å². The molecule has 2 aromatic heterocycles. The summed E-state index contributed by atoms with van der Waals surface area (Å²) in [5, 5.41) is 1.98. The Morgan fingerprint density at radius 3 is 2.75 bits per heavy atom. The minimum atomic E-state index is -0.0560. The average Bonchev–Trinajstić information content (AvgIpc) is 2.28. The van der Waals surface area contributed by atoms with E-state index in [0.717, 1.165) is 27.5 Å². The Bertz CT molecular complexity index is 744. The zero-order valence-corrected chi connectivity index (χ0v) is 8.82. The molecule has 1 N–H and O–H groups in total. The van der Waals surface area contributed by atoms with Crippen molar-refractivity contribution in [2.24, 2.45) is 0 Å². The number of hydrogen-bond acceptors (Lipinski definition) is 2. The summed E-state index contributed by atoms with van der Waals surface area (Å²) in [6.45, 7) is 2.00. The Morgan fingerprint density at radius 2 is 1.88 bits per heavy atom. The van der Waals surface area contributed by atoms with E-state index in [4.69, 9.17) is 0 Å². The molecule has 3 heteroatoms. The summed E-state index contributed by atoms with van der Waals surface area (Å²) in [6, 6.07) is 9.60. The van der Waals surface area contributed by atoms with Crippen molar-refractivity contribution >= 4 is 21.8 Å². The topological polar surface area (TPSA) is 45.8 Å². The molecule has 0 saturated carbocycles. The van der Waals surface area contributed by atoms with Crippen LogP contribution in [0.1, 0.15) is 5.69 Å². The quantitative estimate of drug-likeness (QED) is 0.579. The molecule has 16 heavy (non-hydrogen) atoms. The standard InChI is InChI=1S/C13H10N2O/c1-8-2-3-9-4-5-10-6-11(16)7-14-12(10)13(9)15-8/h2-7,15H,1H3. The summed E-state index contributed by atoms with van der Waals surface area (Å²) in [6.07, 6.45) is 1.36. The molecule has 0 unspecified atom stereocenters. The van der Waals surface area contributed by atoms with Crippen LogP contribution in [0.5, 0.6) is 0 Å². The molecule has 2 heterocycles. The molecule has 1 aromatic carbocycles. The third-order valence-corrected chi connectivity index (χ3v) is 2.70. The fraction of sp³-hybridized carbons (Fsp3) is 0.0769. The van der Waals surface area contributed by atoms with Gasteiger partial charge in [-0.05, 0) is 19.1 Å². The number of aromatic amines is 1. The van der Waals surface area contributed by atoms with Crippen molar-refractivity contribution in [2.75, 3.05) is 0 Å². The summed E-state index contributed by atoms with van der Waals surface area (Å²) in [5.74, 6) is 0. The summed E-state index contributed by atoms with van der Waals surface area (Å²) < 4.78 is 0. The smallest absolute Gasteiger partial charge is 0.197 e. The molecular formula is C13H10N2O. The van der Waals surface area contributed by atoms with Crippen LogP contribution >= 0.6 is 0 Å². The second-order valence-electron chi connectivity index (χ2n) is 3.91. The van der Waals surface area contributed by atoms with Crippen molar-refractivity contribution in [2.45, 2.75) is 6.92 Å². The van der Waals surface area contributed by atoms with Gasteiger partial charge in [0, 0.05) is 16.5 Å². The van der Waals surface area contributed by atoms with Gasteiger partial charge in [0.25, 0.3) is 0 Å². The van der Waals surface area contributed by atoms with Crippen molar-refractivity contribution in [1.29, 1.82) is 0 Å². The molecule has 0 aliphatic rings. The van der Waals surface area contributed by atoms with Gasteiger partial charge >= 0.3 is 0 Å². The molecule has 3 aromatic rings. The highest BCUT2D eigenvalue weighted by Crippen LogP contribution is 2.20. The van der Waals surface area contributed by atoms with E-state index in [1.165, 1.54) is 6.20 Å². The second kappa shape index (κ2) is 3.17.